The van der Waals surface area contributed by atoms with Gasteiger partial charge in [0.15, 0.2) is 0 Å². The first-order valence-electron chi connectivity index (χ1n) is 8.70. The first-order chi connectivity index (χ1) is 11.7. The Labute approximate surface area is 146 Å². The first kappa shape index (κ1) is 17.4. The molecular weight excluding hydrogens is 326 g/mol. The van der Waals surface area contributed by atoms with Gasteiger partial charge < -0.3 is 14.6 Å². The fourth-order valence-electron chi connectivity index (χ4n) is 3.28. The molecule has 3 rings (SSSR count). The number of amides is 2. The zero-order valence-electron chi connectivity index (χ0n) is 13.9. The Bertz CT molecular complexity index is 543. The van der Waals surface area contributed by atoms with Crippen molar-refractivity contribution in [2.45, 2.75) is 31.7 Å². The molecule has 1 N–H and O–H groups in total. The predicted molar refractivity (Wildman–Crippen MR) is 93.9 cm³/mol. The molecule has 24 heavy (non-hydrogen) atoms. The molecule has 6 nitrogen and oxygen atoms in total. The number of carbonyl (C=O) groups excluding carboxylic acids is 2. The van der Waals surface area contributed by atoms with E-state index in [1.54, 1.807) is 11.2 Å². The van der Waals surface area contributed by atoms with Crippen LogP contribution in [0.25, 0.3) is 0 Å². The molecule has 0 radical (unpaired) electrons. The molecule has 1 atom stereocenters. The van der Waals surface area contributed by atoms with Crippen LogP contribution in [0.2, 0.25) is 0 Å². The van der Waals surface area contributed by atoms with Gasteiger partial charge in [-0.05, 0) is 38.1 Å². The summed E-state index contributed by atoms with van der Waals surface area (Å²) in [5, 5.41) is 3.11. The number of rotatable bonds is 7. The smallest absolute Gasteiger partial charge is 0.281 e. The molecule has 7 heteroatoms. The van der Waals surface area contributed by atoms with Crippen LogP contribution in [0.5, 0.6) is 0 Å². The molecule has 1 unspecified atom stereocenters. The van der Waals surface area contributed by atoms with Crippen molar-refractivity contribution < 1.29 is 14.0 Å². The summed E-state index contributed by atoms with van der Waals surface area (Å²) in [5.41, 5.74) is 0. The lowest BCUT2D eigenvalue weighted by Gasteiger charge is -2.33. The minimum atomic E-state index is -0.00624. The molecule has 2 aliphatic heterocycles. The van der Waals surface area contributed by atoms with E-state index in [2.05, 4.69) is 10.2 Å². The quantitative estimate of drug-likeness (QED) is 0.817. The van der Waals surface area contributed by atoms with E-state index >= 15 is 0 Å². The molecule has 0 aromatic carbocycles. The number of nitrogens with one attached hydrogen (secondary N) is 1. The highest BCUT2D eigenvalue weighted by atomic mass is 32.2. The summed E-state index contributed by atoms with van der Waals surface area (Å²) in [6.45, 7) is 3.89. The molecule has 2 amide bonds. The molecule has 132 valence electrons. The van der Waals surface area contributed by atoms with Crippen LogP contribution in [-0.2, 0) is 4.79 Å². The van der Waals surface area contributed by atoms with Crippen molar-refractivity contribution in [2.24, 2.45) is 0 Å². The van der Waals surface area contributed by atoms with Crippen molar-refractivity contribution in [2.75, 3.05) is 38.5 Å². The normalized spacial score (nSPS) is 20.3. The van der Waals surface area contributed by atoms with Gasteiger partial charge in [0.2, 0.25) is 5.91 Å². The second kappa shape index (κ2) is 8.58. The van der Waals surface area contributed by atoms with Gasteiger partial charge in [0, 0.05) is 31.8 Å². The number of carbonyl (C=O) groups is 2. The highest BCUT2D eigenvalue weighted by molar-refractivity contribution is 8.13. The monoisotopic (exact) mass is 351 g/mol. The lowest BCUT2D eigenvalue weighted by Crippen LogP contribution is -2.41. The van der Waals surface area contributed by atoms with Crippen LogP contribution in [0, 0.1) is 0 Å². The van der Waals surface area contributed by atoms with E-state index in [-0.39, 0.29) is 17.2 Å². The van der Waals surface area contributed by atoms with Crippen LogP contribution in [0.15, 0.2) is 22.8 Å². The summed E-state index contributed by atoms with van der Waals surface area (Å²) in [7, 11) is 0. The maximum absolute atomic E-state index is 12.2. The van der Waals surface area contributed by atoms with Gasteiger partial charge in [-0.15, -0.1) is 0 Å². The van der Waals surface area contributed by atoms with Gasteiger partial charge >= 0.3 is 0 Å². The number of piperidine rings is 1. The SMILES string of the molecule is O=C(CCN1CCSC1=O)NCC(c1ccco1)N1CCCCC1. The number of hydrogen-bond acceptors (Lipinski definition) is 5. The third-order valence-electron chi connectivity index (χ3n) is 4.65. The van der Waals surface area contributed by atoms with E-state index < -0.39 is 0 Å². The number of thioether (sulfide) groups is 1. The fraction of sp³-hybridized carbons (Fsp3) is 0.647. The average molecular weight is 351 g/mol. The number of nitrogens with zero attached hydrogens (tertiary/aromatic N) is 2. The van der Waals surface area contributed by atoms with E-state index in [1.165, 1.54) is 31.0 Å². The Morgan fingerprint density at radius 2 is 2.12 bits per heavy atom. The van der Waals surface area contributed by atoms with Crippen molar-refractivity contribution in [3.05, 3.63) is 24.2 Å². The first-order valence-corrected chi connectivity index (χ1v) is 9.68. The van der Waals surface area contributed by atoms with E-state index in [1.807, 2.05) is 12.1 Å². The van der Waals surface area contributed by atoms with Crippen molar-refractivity contribution in [3.8, 4) is 0 Å². The van der Waals surface area contributed by atoms with E-state index in [0.717, 1.165) is 31.1 Å². The molecule has 2 fully saturated rings. The van der Waals surface area contributed by atoms with E-state index in [4.69, 9.17) is 4.42 Å². The van der Waals surface area contributed by atoms with Crippen LogP contribution in [0.1, 0.15) is 37.5 Å². The average Bonchev–Trinajstić information content (AvgIpc) is 3.26. The molecule has 2 saturated heterocycles. The van der Waals surface area contributed by atoms with Gasteiger partial charge in [-0.3, -0.25) is 14.5 Å². The third-order valence-corrected chi connectivity index (χ3v) is 5.54. The van der Waals surface area contributed by atoms with Crippen molar-refractivity contribution >= 4 is 22.9 Å². The number of hydrogen-bond donors (Lipinski definition) is 1. The van der Waals surface area contributed by atoms with Crippen LogP contribution < -0.4 is 5.32 Å². The maximum Gasteiger partial charge on any atom is 0.281 e. The third kappa shape index (κ3) is 4.54. The Morgan fingerprint density at radius 3 is 2.79 bits per heavy atom. The molecular formula is C17H25N3O3S. The van der Waals surface area contributed by atoms with Gasteiger partial charge in [-0.1, -0.05) is 18.2 Å². The zero-order valence-corrected chi connectivity index (χ0v) is 14.7. The Kier molecular flexibility index (Phi) is 6.20. The largest absolute Gasteiger partial charge is 0.468 e. The summed E-state index contributed by atoms with van der Waals surface area (Å²) >= 11 is 1.33. The van der Waals surface area contributed by atoms with Crippen LogP contribution in [0.4, 0.5) is 4.79 Å². The Balaban J connectivity index is 1.49. The maximum atomic E-state index is 12.2. The van der Waals surface area contributed by atoms with E-state index in [0.29, 0.717) is 19.5 Å². The molecule has 1 aromatic rings. The predicted octanol–water partition coefficient (Wildman–Crippen LogP) is 2.48. The van der Waals surface area contributed by atoms with Gasteiger partial charge in [0.1, 0.15) is 5.76 Å². The molecule has 3 heterocycles. The minimum Gasteiger partial charge on any atom is -0.468 e. The summed E-state index contributed by atoms with van der Waals surface area (Å²) in [6, 6.07) is 3.96. The Hall–Kier alpha value is -1.47. The van der Waals surface area contributed by atoms with Crippen molar-refractivity contribution in [1.82, 2.24) is 15.1 Å². The van der Waals surface area contributed by atoms with Gasteiger partial charge in [0.05, 0.1) is 12.3 Å². The molecule has 0 saturated carbocycles. The lowest BCUT2D eigenvalue weighted by molar-refractivity contribution is -0.121. The van der Waals surface area contributed by atoms with E-state index in [9.17, 15) is 9.59 Å². The molecule has 1 aromatic heterocycles. The highest BCUT2D eigenvalue weighted by Crippen LogP contribution is 2.24. The number of furan rings is 1. The van der Waals surface area contributed by atoms with Crippen molar-refractivity contribution in [1.29, 1.82) is 0 Å². The summed E-state index contributed by atoms with van der Waals surface area (Å²) in [5.74, 6) is 1.73. The summed E-state index contributed by atoms with van der Waals surface area (Å²) in [6.07, 6.45) is 5.71. The number of likely N-dealkylation sites (tertiary alicyclic amines) is 1. The summed E-state index contributed by atoms with van der Waals surface area (Å²) < 4.78 is 5.59. The standard InChI is InChI=1S/C17H25N3O3S/c21-16(6-9-20-10-12-24-17(20)22)18-13-14(15-5-4-11-23-15)19-7-2-1-3-8-19/h4-5,11,14H,1-3,6-10,12-13H2,(H,18,21). The lowest BCUT2D eigenvalue weighted by atomic mass is 10.1. The van der Waals surface area contributed by atoms with Gasteiger partial charge in [-0.2, -0.15) is 0 Å². The second-order valence-corrected chi connectivity index (χ2v) is 7.33. The Morgan fingerprint density at radius 1 is 1.29 bits per heavy atom. The second-order valence-electron chi connectivity index (χ2n) is 6.28. The minimum absolute atomic E-state index is 0.00624. The summed E-state index contributed by atoms with van der Waals surface area (Å²) in [4.78, 5) is 27.9. The molecule has 0 aliphatic carbocycles. The highest BCUT2D eigenvalue weighted by Gasteiger charge is 2.25. The van der Waals surface area contributed by atoms with Gasteiger partial charge in [-0.25, -0.2) is 0 Å². The molecule has 0 bridgehead atoms. The zero-order chi connectivity index (χ0) is 16.8. The fourth-order valence-corrected chi connectivity index (χ4v) is 4.14. The van der Waals surface area contributed by atoms with Gasteiger partial charge in [0.25, 0.3) is 5.24 Å². The van der Waals surface area contributed by atoms with Crippen molar-refractivity contribution in [3.63, 3.8) is 0 Å². The molecule has 0 spiro atoms. The van der Waals surface area contributed by atoms with Crippen LogP contribution >= 0.6 is 11.8 Å². The van der Waals surface area contributed by atoms with Crippen LogP contribution in [-0.4, -0.2) is 59.4 Å². The topological polar surface area (TPSA) is 65.8 Å². The molecule has 2 aliphatic rings. The van der Waals surface area contributed by atoms with Crippen LogP contribution in [0.3, 0.4) is 0 Å².